The molecule has 2 N–H and O–H groups in total. The van der Waals surface area contributed by atoms with Gasteiger partial charge in [0.1, 0.15) is 6.33 Å². The maximum atomic E-state index is 11.0. The van der Waals surface area contributed by atoms with Gasteiger partial charge in [0.25, 0.3) is 0 Å². The Morgan fingerprint density at radius 2 is 2.00 bits per heavy atom. The minimum Gasteiger partial charge on any atom is -0.364 e. The van der Waals surface area contributed by atoms with Crippen LogP contribution in [0.2, 0.25) is 0 Å². The molecule has 0 saturated heterocycles. The van der Waals surface area contributed by atoms with Gasteiger partial charge in [0.05, 0.1) is 4.92 Å². The summed E-state index contributed by atoms with van der Waals surface area (Å²) in [6.45, 7) is 2.70. The lowest BCUT2D eigenvalue weighted by Crippen LogP contribution is -2.14. The van der Waals surface area contributed by atoms with Gasteiger partial charge >= 0.3 is 5.69 Å². The van der Waals surface area contributed by atoms with Crippen LogP contribution in [-0.2, 0) is 10.8 Å². The summed E-state index contributed by atoms with van der Waals surface area (Å²) in [6.07, 6.45) is 2.82. The number of nitrogens with one attached hydrogen (secondary N) is 2. The number of aromatic nitrogens is 2. The first-order valence-corrected chi connectivity index (χ1v) is 7.06. The average Bonchev–Trinajstić information content (AvgIpc) is 2.28. The van der Waals surface area contributed by atoms with Crippen LogP contribution in [0.4, 0.5) is 17.3 Å². The van der Waals surface area contributed by atoms with Gasteiger partial charge in [-0.25, -0.2) is 9.97 Å². The van der Waals surface area contributed by atoms with E-state index in [1.54, 1.807) is 6.26 Å². The van der Waals surface area contributed by atoms with Crippen molar-refractivity contribution in [2.45, 2.75) is 6.92 Å². The summed E-state index contributed by atoms with van der Waals surface area (Å²) < 4.78 is 10.9. The molecule has 0 amide bonds. The van der Waals surface area contributed by atoms with Gasteiger partial charge in [-0.3, -0.25) is 14.3 Å². The van der Waals surface area contributed by atoms with Crippen LogP contribution in [0.25, 0.3) is 0 Å². The molecule has 1 heterocycles. The number of hydrogen-bond acceptors (Lipinski definition) is 7. The van der Waals surface area contributed by atoms with Crippen molar-refractivity contribution in [1.82, 2.24) is 9.97 Å². The quantitative estimate of drug-likeness (QED) is 0.553. The predicted molar refractivity (Wildman–Crippen MR) is 70.3 cm³/mol. The smallest absolute Gasteiger partial charge is 0.353 e. The molecule has 0 aliphatic carbocycles. The molecule has 8 nitrogen and oxygen atoms in total. The maximum absolute atomic E-state index is 11.0. The van der Waals surface area contributed by atoms with Crippen molar-refractivity contribution in [3.8, 4) is 0 Å². The molecule has 0 radical (unpaired) electrons. The SMILES string of the molecule is CCNc1ncnc(NCCS(C)=O)c1[N+](=O)[O-]. The van der Waals surface area contributed by atoms with Gasteiger partial charge in [-0.1, -0.05) is 0 Å². The van der Waals surface area contributed by atoms with Crippen molar-refractivity contribution >= 4 is 28.1 Å². The van der Waals surface area contributed by atoms with E-state index in [0.29, 0.717) is 18.8 Å². The molecule has 9 heteroatoms. The maximum Gasteiger partial charge on any atom is 0.353 e. The van der Waals surface area contributed by atoms with Crippen LogP contribution in [-0.4, -0.2) is 44.2 Å². The molecular formula is C9H15N5O3S. The Balaban J connectivity index is 2.92. The van der Waals surface area contributed by atoms with Crippen LogP contribution < -0.4 is 10.6 Å². The molecule has 0 aliphatic heterocycles. The Hall–Kier alpha value is -1.77. The molecular weight excluding hydrogens is 258 g/mol. The minimum atomic E-state index is -0.957. The summed E-state index contributed by atoms with van der Waals surface area (Å²) in [4.78, 5) is 18.1. The summed E-state index contributed by atoms with van der Waals surface area (Å²) in [5, 5.41) is 16.6. The third kappa shape index (κ3) is 3.91. The predicted octanol–water partition coefficient (Wildman–Crippen LogP) is 0.607. The summed E-state index contributed by atoms with van der Waals surface area (Å²) in [7, 11) is -0.957. The van der Waals surface area contributed by atoms with Crippen LogP contribution in [0.5, 0.6) is 0 Å². The molecule has 100 valence electrons. The zero-order valence-corrected chi connectivity index (χ0v) is 11.0. The lowest BCUT2D eigenvalue weighted by atomic mass is 10.4. The van der Waals surface area contributed by atoms with E-state index in [4.69, 9.17) is 0 Å². The highest BCUT2D eigenvalue weighted by Crippen LogP contribution is 2.28. The molecule has 0 aliphatic rings. The molecule has 1 aromatic rings. The van der Waals surface area contributed by atoms with Gasteiger partial charge in [-0.2, -0.15) is 0 Å². The van der Waals surface area contributed by atoms with Gasteiger partial charge in [0.2, 0.25) is 11.6 Å². The normalized spacial score (nSPS) is 11.9. The fraction of sp³-hybridized carbons (Fsp3) is 0.556. The number of nitro groups is 1. The molecule has 1 unspecified atom stereocenters. The Morgan fingerprint density at radius 1 is 1.39 bits per heavy atom. The molecule has 18 heavy (non-hydrogen) atoms. The topological polar surface area (TPSA) is 110 Å². The third-order valence-corrected chi connectivity index (χ3v) is 2.81. The van der Waals surface area contributed by atoms with E-state index < -0.39 is 15.7 Å². The van der Waals surface area contributed by atoms with Crippen molar-refractivity contribution in [3.63, 3.8) is 0 Å². The van der Waals surface area contributed by atoms with E-state index in [1.807, 2.05) is 6.92 Å². The van der Waals surface area contributed by atoms with Crippen LogP contribution in [0.15, 0.2) is 6.33 Å². The van der Waals surface area contributed by atoms with Crippen molar-refractivity contribution in [3.05, 3.63) is 16.4 Å². The van der Waals surface area contributed by atoms with E-state index in [1.165, 1.54) is 6.33 Å². The molecule has 0 spiro atoms. The summed E-state index contributed by atoms with van der Waals surface area (Å²) >= 11 is 0. The second kappa shape index (κ2) is 6.84. The number of hydrogen-bond donors (Lipinski definition) is 2. The van der Waals surface area contributed by atoms with Crippen LogP contribution in [0, 0.1) is 10.1 Å². The summed E-state index contributed by atoms with van der Waals surface area (Å²) in [5.41, 5.74) is -0.193. The molecule has 1 atom stereocenters. The highest BCUT2D eigenvalue weighted by molar-refractivity contribution is 7.84. The number of nitrogens with zero attached hydrogens (tertiary/aromatic N) is 3. The van der Waals surface area contributed by atoms with Crippen molar-refractivity contribution in [2.75, 3.05) is 35.7 Å². The number of rotatable bonds is 7. The Labute approximate surface area is 107 Å². The van der Waals surface area contributed by atoms with Crippen LogP contribution >= 0.6 is 0 Å². The zero-order chi connectivity index (χ0) is 13.5. The summed E-state index contributed by atoms with van der Waals surface area (Å²) in [6, 6.07) is 0. The van der Waals surface area contributed by atoms with Gasteiger partial charge in [-0.05, 0) is 6.92 Å². The first-order chi connectivity index (χ1) is 8.56. The molecule has 1 aromatic heterocycles. The van der Waals surface area contributed by atoms with Crippen molar-refractivity contribution in [2.24, 2.45) is 0 Å². The monoisotopic (exact) mass is 273 g/mol. The largest absolute Gasteiger partial charge is 0.364 e. The lowest BCUT2D eigenvalue weighted by molar-refractivity contribution is -0.383. The van der Waals surface area contributed by atoms with E-state index in [9.17, 15) is 14.3 Å². The molecule has 0 aromatic carbocycles. The van der Waals surface area contributed by atoms with Crippen molar-refractivity contribution in [1.29, 1.82) is 0 Å². The fourth-order valence-electron chi connectivity index (χ4n) is 1.29. The van der Waals surface area contributed by atoms with Crippen molar-refractivity contribution < 1.29 is 9.13 Å². The standard InChI is InChI=1S/C9H15N5O3S/c1-3-10-8-7(14(15)16)9(13-6-12-8)11-4-5-18(2)17/h6H,3-5H2,1-2H3,(H2,10,11,12,13). The second-order valence-electron chi connectivity index (χ2n) is 3.41. The molecule has 0 saturated carbocycles. The van der Waals surface area contributed by atoms with Crippen LogP contribution in [0.1, 0.15) is 6.92 Å². The van der Waals surface area contributed by atoms with Gasteiger partial charge in [0, 0.05) is 35.9 Å². The first-order valence-electron chi connectivity index (χ1n) is 5.33. The van der Waals surface area contributed by atoms with Gasteiger partial charge < -0.3 is 10.6 Å². The fourth-order valence-corrected chi connectivity index (χ4v) is 1.68. The number of anilines is 2. The van der Waals surface area contributed by atoms with Gasteiger partial charge in [-0.15, -0.1) is 0 Å². The van der Waals surface area contributed by atoms with E-state index in [-0.39, 0.29) is 17.3 Å². The van der Waals surface area contributed by atoms with Crippen LogP contribution in [0.3, 0.4) is 0 Å². The first kappa shape index (κ1) is 14.3. The third-order valence-electron chi connectivity index (χ3n) is 2.03. The van der Waals surface area contributed by atoms with Gasteiger partial charge in [0.15, 0.2) is 0 Å². The Bertz CT molecular complexity index is 454. The highest BCUT2D eigenvalue weighted by Gasteiger charge is 2.22. The highest BCUT2D eigenvalue weighted by atomic mass is 32.2. The molecule has 1 rings (SSSR count). The molecule has 0 bridgehead atoms. The minimum absolute atomic E-state index is 0.136. The zero-order valence-electron chi connectivity index (χ0n) is 10.2. The van der Waals surface area contributed by atoms with E-state index in [2.05, 4.69) is 20.6 Å². The molecule has 0 fully saturated rings. The lowest BCUT2D eigenvalue weighted by Gasteiger charge is -2.08. The van der Waals surface area contributed by atoms with E-state index in [0.717, 1.165) is 0 Å². The Kier molecular flexibility index (Phi) is 5.43. The summed E-state index contributed by atoms with van der Waals surface area (Å²) in [5.74, 6) is 0.714. The average molecular weight is 273 g/mol. The van der Waals surface area contributed by atoms with E-state index >= 15 is 0 Å². The Morgan fingerprint density at radius 3 is 2.50 bits per heavy atom. The second-order valence-corrected chi connectivity index (χ2v) is 4.97.